The van der Waals surface area contributed by atoms with Crippen LogP contribution in [0.3, 0.4) is 0 Å². The van der Waals surface area contributed by atoms with Crippen molar-refractivity contribution in [3.8, 4) is 44.5 Å². The Hall–Kier alpha value is -8.33. The monoisotopic (exact) mass is 814 g/mol. The van der Waals surface area contributed by atoms with Gasteiger partial charge in [-0.05, 0) is 131 Å². The summed E-state index contributed by atoms with van der Waals surface area (Å²) < 4.78 is 0. The molecule has 0 unspecified atom stereocenters. The minimum Gasteiger partial charge on any atom is -0.310 e. The molecule has 1 aliphatic heterocycles. The summed E-state index contributed by atoms with van der Waals surface area (Å²) in [6.07, 6.45) is 0.844. The molecule has 0 bridgehead atoms. The number of hydrogen-bond acceptors (Lipinski definition) is 2. The third kappa shape index (κ3) is 6.83. The van der Waals surface area contributed by atoms with Crippen molar-refractivity contribution in [1.29, 1.82) is 0 Å². The maximum absolute atomic E-state index is 5.24. The number of nitrogens with zero attached hydrogens (tertiary/aromatic N) is 2. The molecule has 2 nitrogen and oxygen atoms in total. The van der Waals surface area contributed by atoms with Gasteiger partial charge in [0.1, 0.15) is 0 Å². The molecule has 0 atom stereocenters. The first-order valence-corrected chi connectivity index (χ1v) is 22.1. The Bertz CT molecular complexity index is 3550. The number of fused-ring (bicyclic) bond motifs is 5. The summed E-state index contributed by atoms with van der Waals surface area (Å²) in [7, 11) is 0. The van der Waals surface area contributed by atoms with Crippen LogP contribution in [0.4, 0.5) is 22.7 Å². The van der Waals surface area contributed by atoms with Gasteiger partial charge in [0.05, 0.1) is 11.4 Å². The summed E-state index contributed by atoms with van der Waals surface area (Å²) in [6.45, 7) is 0. The molecule has 11 aromatic rings. The smallest absolute Gasteiger partial charge is 0.0747 e. The van der Waals surface area contributed by atoms with Gasteiger partial charge in [0, 0.05) is 28.9 Å². The second-order valence-corrected chi connectivity index (χ2v) is 16.7. The molecule has 0 amide bonds. The fourth-order valence-electron chi connectivity index (χ4n) is 9.61. The number of aliphatic imine (C=N–C) groups is 1. The number of benzene rings is 11. The van der Waals surface area contributed by atoms with Crippen LogP contribution in [0, 0.1) is 0 Å². The Morgan fingerprint density at radius 3 is 1.62 bits per heavy atom. The van der Waals surface area contributed by atoms with E-state index >= 15 is 0 Å². The first-order chi connectivity index (χ1) is 31.7. The van der Waals surface area contributed by atoms with Gasteiger partial charge in [-0.2, -0.15) is 0 Å². The molecule has 2 heteroatoms. The zero-order chi connectivity index (χ0) is 42.4. The topological polar surface area (TPSA) is 15.6 Å². The van der Waals surface area contributed by atoms with E-state index in [1.54, 1.807) is 0 Å². The average Bonchev–Trinajstić information content (AvgIpc) is 3.82. The predicted molar refractivity (Wildman–Crippen MR) is 272 cm³/mol. The van der Waals surface area contributed by atoms with Gasteiger partial charge in [-0.15, -0.1) is 0 Å². The van der Waals surface area contributed by atoms with Crippen molar-refractivity contribution in [3.63, 3.8) is 0 Å². The molecule has 1 aliphatic rings. The zero-order valence-electron chi connectivity index (χ0n) is 35.2. The van der Waals surface area contributed by atoms with Crippen molar-refractivity contribution in [3.05, 3.63) is 254 Å². The van der Waals surface area contributed by atoms with Crippen molar-refractivity contribution in [2.45, 2.75) is 6.42 Å². The van der Waals surface area contributed by atoms with Gasteiger partial charge >= 0.3 is 0 Å². The first kappa shape index (κ1) is 37.4. The Balaban J connectivity index is 0.928. The molecule has 0 spiro atoms. The van der Waals surface area contributed by atoms with Crippen LogP contribution in [0.2, 0.25) is 0 Å². The lowest BCUT2D eigenvalue weighted by Gasteiger charge is -2.27. The van der Waals surface area contributed by atoms with E-state index in [4.69, 9.17) is 4.99 Å². The number of anilines is 3. The molecule has 0 fully saturated rings. The largest absolute Gasteiger partial charge is 0.310 e. The molecule has 0 saturated carbocycles. The minimum absolute atomic E-state index is 0.844. The summed E-state index contributed by atoms with van der Waals surface area (Å²) in [4.78, 5) is 7.62. The van der Waals surface area contributed by atoms with Crippen LogP contribution in [0.25, 0.3) is 76.8 Å². The van der Waals surface area contributed by atoms with Crippen LogP contribution in [-0.4, -0.2) is 5.71 Å². The van der Waals surface area contributed by atoms with Crippen molar-refractivity contribution in [1.82, 2.24) is 0 Å². The van der Waals surface area contributed by atoms with Crippen molar-refractivity contribution < 1.29 is 0 Å². The first-order valence-electron chi connectivity index (χ1n) is 22.1. The van der Waals surface area contributed by atoms with Crippen molar-refractivity contribution in [2.75, 3.05) is 4.90 Å². The quantitative estimate of drug-likeness (QED) is 0.149. The van der Waals surface area contributed by atoms with Crippen molar-refractivity contribution in [2.24, 2.45) is 4.99 Å². The Morgan fingerprint density at radius 2 is 0.859 bits per heavy atom. The van der Waals surface area contributed by atoms with E-state index in [9.17, 15) is 0 Å². The maximum Gasteiger partial charge on any atom is 0.0747 e. The summed E-state index contributed by atoms with van der Waals surface area (Å²) >= 11 is 0. The van der Waals surface area contributed by atoms with Gasteiger partial charge in [0.25, 0.3) is 0 Å². The van der Waals surface area contributed by atoms with Gasteiger partial charge in [0.2, 0.25) is 0 Å². The third-order valence-corrected chi connectivity index (χ3v) is 12.9. The lowest BCUT2D eigenvalue weighted by Crippen LogP contribution is -2.10. The molecule has 0 aromatic heterocycles. The van der Waals surface area contributed by atoms with Gasteiger partial charge in [-0.25, -0.2) is 0 Å². The Kier molecular flexibility index (Phi) is 9.27. The van der Waals surface area contributed by atoms with Gasteiger partial charge < -0.3 is 4.90 Å². The fraction of sp³-hybridized carbons (Fsp3) is 0.0161. The Morgan fingerprint density at radius 1 is 0.297 bits per heavy atom. The Labute approximate surface area is 373 Å². The normalized spacial score (nSPS) is 12.1. The van der Waals surface area contributed by atoms with Gasteiger partial charge in [-0.1, -0.05) is 194 Å². The molecule has 0 saturated heterocycles. The third-order valence-electron chi connectivity index (χ3n) is 12.9. The average molecular weight is 815 g/mol. The van der Waals surface area contributed by atoms with Crippen LogP contribution in [0.15, 0.2) is 248 Å². The second-order valence-electron chi connectivity index (χ2n) is 16.7. The SMILES string of the molecule is c1ccc(-c2ccc(N(c3ccc(-c4ccc5c6c(ccc5c4)CC(c4ccc5ccccc5c4)=N6)cc3)c3ccc(-c4cccc5ccccc45)c(-c4ccccc4)c3)cc2)cc1. The maximum atomic E-state index is 5.24. The van der Waals surface area contributed by atoms with Crippen LogP contribution in [-0.2, 0) is 6.42 Å². The van der Waals surface area contributed by atoms with Crippen LogP contribution in [0.5, 0.6) is 0 Å². The highest BCUT2D eigenvalue weighted by Crippen LogP contribution is 2.44. The van der Waals surface area contributed by atoms with E-state index in [0.717, 1.165) is 34.9 Å². The van der Waals surface area contributed by atoms with E-state index in [2.05, 4.69) is 248 Å². The van der Waals surface area contributed by atoms with Crippen LogP contribution < -0.4 is 4.90 Å². The second kappa shape index (κ2) is 15.9. The van der Waals surface area contributed by atoms with Gasteiger partial charge in [0.15, 0.2) is 0 Å². The van der Waals surface area contributed by atoms with Crippen LogP contribution in [0.1, 0.15) is 11.1 Å². The van der Waals surface area contributed by atoms with Gasteiger partial charge in [-0.3, -0.25) is 4.99 Å². The molecule has 64 heavy (non-hydrogen) atoms. The fourth-order valence-corrected chi connectivity index (χ4v) is 9.61. The van der Waals surface area contributed by atoms with E-state index < -0.39 is 0 Å². The zero-order valence-corrected chi connectivity index (χ0v) is 35.2. The molecular weight excluding hydrogens is 773 g/mol. The predicted octanol–water partition coefficient (Wildman–Crippen LogP) is 17.0. The standard InChI is InChI=1S/C62H42N2/c1-3-12-42(13-4-1)44-26-31-53(32-27-44)64(55-35-37-59(60(41-55)47-15-5-2-6-16-47)58-21-11-19-46-17-9-10-20-56(46)58)54-33-28-45(29-34-54)49-30-36-57-50(38-49)23-25-52-40-61(63-62(52)57)51-24-22-43-14-7-8-18-48(43)39-51/h1-39,41H,40H2. The molecule has 0 radical (unpaired) electrons. The molecule has 12 rings (SSSR count). The highest BCUT2D eigenvalue weighted by molar-refractivity contribution is 6.12. The molecule has 0 aliphatic carbocycles. The summed E-state index contributed by atoms with van der Waals surface area (Å²) in [5, 5.41) is 7.37. The lowest BCUT2D eigenvalue weighted by atomic mass is 9.90. The molecule has 0 N–H and O–H groups in total. The highest BCUT2D eigenvalue weighted by Gasteiger charge is 2.21. The summed E-state index contributed by atoms with van der Waals surface area (Å²) in [6, 6.07) is 88.2. The van der Waals surface area contributed by atoms with Crippen molar-refractivity contribution >= 4 is 60.8 Å². The summed E-state index contributed by atoms with van der Waals surface area (Å²) in [5.74, 6) is 0. The van der Waals surface area contributed by atoms with E-state index in [0.29, 0.717) is 0 Å². The molecule has 300 valence electrons. The van der Waals surface area contributed by atoms with Crippen LogP contribution >= 0.6 is 0 Å². The van der Waals surface area contributed by atoms with E-state index in [1.807, 2.05) is 0 Å². The van der Waals surface area contributed by atoms with E-state index in [-0.39, 0.29) is 0 Å². The highest BCUT2D eigenvalue weighted by atomic mass is 15.1. The van der Waals surface area contributed by atoms with E-state index in [1.165, 1.54) is 88.0 Å². The molecule has 11 aromatic carbocycles. The lowest BCUT2D eigenvalue weighted by molar-refractivity contribution is 1.28. The summed E-state index contributed by atoms with van der Waals surface area (Å²) in [5.41, 5.74) is 17.5. The number of hydrogen-bond donors (Lipinski definition) is 0. The molecule has 1 heterocycles. The minimum atomic E-state index is 0.844. The number of rotatable bonds is 8. The molecular formula is C62H42N2.